The number of ether oxygens (including phenoxy) is 2. The van der Waals surface area contributed by atoms with Crippen LogP contribution in [0, 0.1) is 13.8 Å². The summed E-state index contributed by atoms with van der Waals surface area (Å²) in [4.78, 5) is 12.3. The lowest BCUT2D eigenvalue weighted by atomic mass is 10.0. The quantitative estimate of drug-likeness (QED) is 0.846. The van der Waals surface area contributed by atoms with Gasteiger partial charge in [0.1, 0.15) is 0 Å². The Morgan fingerprint density at radius 2 is 1.70 bits per heavy atom. The maximum Gasteiger partial charge on any atom is 0.228 e. The smallest absolute Gasteiger partial charge is 0.228 e. The van der Waals surface area contributed by atoms with E-state index in [0.717, 1.165) is 26.9 Å². The molecule has 23 heavy (non-hydrogen) atoms. The summed E-state index contributed by atoms with van der Waals surface area (Å²) in [5, 5.41) is 2.95. The van der Waals surface area contributed by atoms with Gasteiger partial charge in [-0.3, -0.25) is 4.79 Å². The summed E-state index contributed by atoms with van der Waals surface area (Å²) < 4.78 is 11.6. The van der Waals surface area contributed by atoms with Crippen LogP contribution in [-0.2, 0) is 11.2 Å². The summed E-state index contributed by atoms with van der Waals surface area (Å²) in [5.41, 5.74) is 3.73. The summed E-state index contributed by atoms with van der Waals surface area (Å²) in [6, 6.07) is 9.49. The first kappa shape index (κ1) is 17.3. The van der Waals surface area contributed by atoms with Gasteiger partial charge in [-0.05, 0) is 60.9 Å². The molecule has 1 N–H and O–H groups in total. The highest BCUT2D eigenvalue weighted by molar-refractivity contribution is 9.10. The number of amides is 1. The molecule has 0 spiro atoms. The Hall–Kier alpha value is -2.01. The van der Waals surface area contributed by atoms with Crippen molar-refractivity contribution >= 4 is 27.5 Å². The Labute approximate surface area is 144 Å². The van der Waals surface area contributed by atoms with Crippen molar-refractivity contribution in [1.82, 2.24) is 0 Å². The molecule has 0 aliphatic carbocycles. The lowest BCUT2D eigenvalue weighted by Crippen LogP contribution is -2.16. The van der Waals surface area contributed by atoms with E-state index in [9.17, 15) is 4.79 Å². The van der Waals surface area contributed by atoms with E-state index in [2.05, 4.69) is 21.2 Å². The molecule has 0 bridgehead atoms. The normalized spacial score (nSPS) is 10.3. The first-order valence-corrected chi connectivity index (χ1v) is 8.01. The molecule has 2 aromatic rings. The van der Waals surface area contributed by atoms with E-state index in [1.807, 2.05) is 44.2 Å². The van der Waals surface area contributed by atoms with Crippen LogP contribution in [0.5, 0.6) is 11.5 Å². The zero-order valence-corrected chi connectivity index (χ0v) is 15.3. The largest absolute Gasteiger partial charge is 0.493 e. The Morgan fingerprint density at radius 1 is 1.04 bits per heavy atom. The van der Waals surface area contributed by atoms with Crippen molar-refractivity contribution in [1.29, 1.82) is 0 Å². The summed E-state index contributed by atoms with van der Waals surface area (Å²) >= 11 is 3.42. The van der Waals surface area contributed by atoms with Crippen LogP contribution in [0.2, 0.25) is 0 Å². The molecule has 1 amide bonds. The summed E-state index contributed by atoms with van der Waals surface area (Å²) in [6.07, 6.45) is 0.279. The highest BCUT2D eigenvalue weighted by atomic mass is 79.9. The molecule has 5 heteroatoms. The van der Waals surface area contributed by atoms with E-state index in [-0.39, 0.29) is 12.3 Å². The minimum atomic E-state index is -0.0641. The second kappa shape index (κ2) is 7.51. The van der Waals surface area contributed by atoms with Crippen molar-refractivity contribution in [3.63, 3.8) is 0 Å². The maximum absolute atomic E-state index is 12.3. The minimum Gasteiger partial charge on any atom is -0.493 e. The monoisotopic (exact) mass is 377 g/mol. The van der Waals surface area contributed by atoms with Gasteiger partial charge in [-0.25, -0.2) is 0 Å². The van der Waals surface area contributed by atoms with Gasteiger partial charge in [-0.15, -0.1) is 0 Å². The molecule has 0 saturated heterocycles. The number of rotatable bonds is 5. The fraction of sp³-hybridized carbons (Fsp3) is 0.278. The maximum atomic E-state index is 12.3. The molecule has 0 fully saturated rings. The Morgan fingerprint density at radius 3 is 2.30 bits per heavy atom. The number of hydrogen-bond donors (Lipinski definition) is 1. The van der Waals surface area contributed by atoms with Crippen molar-refractivity contribution in [3.05, 3.63) is 51.5 Å². The molecule has 2 rings (SSSR count). The van der Waals surface area contributed by atoms with Crippen molar-refractivity contribution in [2.45, 2.75) is 20.3 Å². The molecule has 0 aliphatic rings. The van der Waals surface area contributed by atoms with Gasteiger partial charge in [-0.2, -0.15) is 0 Å². The molecule has 0 saturated carbocycles. The van der Waals surface area contributed by atoms with Gasteiger partial charge in [0, 0.05) is 10.2 Å². The van der Waals surface area contributed by atoms with E-state index in [1.54, 1.807) is 14.2 Å². The van der Waals surface area contributed by atoms with Crippen LogP contribution >= 0.6 is 15.9 Å². The Bertz CT molecular complexity index is 728. The van der Waals surface area contributed by atoms with E-state index in [1.165, 1.54) is 0 Å². The average molecular weight is 378 g/mol. The number of anilines is 1. The first-order chi connectivity index (χ1) is 10.9. The van der Waals surface area contributed by atoms with Gasteiger partial charge in [-0.1, -0.05) is 15.9 Å². The van der Waals surface area contributed by atoms with Gasteiger partial charge in [0.25, 0.3) is 0 Å². The highest BCUT2D eigenvalue weighted by Crippen LogP contribution is 2.30. The van der Waals surface area contributed by atoms with E-state index >= 15 is 0 Å². The summed E-state index contributed by atoms with van der Waals surface area (Å²) in [6.45, 7) is 3.91. The van der Waals surface area contributed by atoms with Gasteiger partial charge in [0.15, 0.2) is 11.5 Å². The molecular weight excluding hydrogens is 358 g/mol. The number of hydrogen-bond acceptors (Lipinski definition) is 3. The van der Waals surface area contributed by atoms with Crippen molar-refractivity contribution < 1.29 is 14.3 Å². The second-order valence-electron chi connectivity index (χ2n) is 5.32. The number of carbonyl (C=O) groups excluding carboxylic acids is 1. The topological polar surface area (TPSA) is 47.6 Å². The number of methoxy groups -OCH3 is 2. The molecule has 4 nitrogen and oxygen atoms in total. The Kier molecular flexibility index (Phi) is 5.66. The van der Waals surface area contributed by atoms with Gasteiger partial charge in [0.05, 0.1) is 20.6 Å². The van der Waals surface area contributed by atoms with Crippen LogP contribution in [0.25, 0.3) is 0 Å². The number of benzene rings is 2. The van der Waals surface area contributed by atoms with Gasteiger partial charge >= 0.3 is 0 Å². The van der Waals surface area contributed by atoms with Crippen LogP contribution in [0.1, 0.15) is 16.7 Å². The molecule has 0 heterocycles. The van der Waals surface area contributed by atoms with Gasteiger partial charge < -0.3 is 14.8 Å². The van der Waals surface area contributed by atoms with Crippen LogP contribution in [0.4, 0.5) is 5.69 Å². The van der Waals surface area contributed by atoms with Crippen molar-refractivity contribution in [2.24, 2.45) is 0 Å². The standard InChI is InChI=1S/C18H20BrNO3/c1-11-8-16(22-3)17(23-4)9-13(11)10-18(21)20-15-6-5-14(19)7-12(15)2/h5-9H,10H2,1-4H3,(H,20,21). The fourth-order valence-corrected chi connectivity index (χ4v) is 2.82. The van der Waals surface area contributed by atoms with Gasteiger partial charge in [0.2, 0.25) is 5.91 Å². The highest BCUT2D eigenvalue weighted by Gasteiger charge is 2.12. The SMILES string of the molecule is COc1cc(C)c(CC(=O)Nc2ccc(Br)cc2C)cc1OC. The first-order valence-electron chi connectivity index (χ1n) is 7.22. The number of nitrogens with one attached hydrogen (secondary N) is 1. The molecule has 2 aromatic carbocycles. The van der Waals surface area contributed by atoms with E-state index < -0.39 is 0 Å². The third-order valence-electron chi connectivity index (χ3n) is 3.66. The lowest BCUT2D eigenvalue weighted by Gasteiger charge is -2.13. The third-order valence-corrected chi connectivity index (χ3v) is 4.15. The van der Waals surface area contributed by atoms with Crippen LogP contribution < -0.4 is 14.8 Å². The number of aryl methyl sites for hydroxylation is 2. The Balaban J connectivity index is 2.17. The predicted octanol–water partition coefficient (Wildman–Crippen LogP) is 4.26. The number of halogens is 1. The fourth-order valence-electron chi connectivity index (χ4n) is 2.35. The summed E-state index contributed by atoms with van der Waals surface area (Å²) in [7, 11) is 3.18. The average Bonchev–Trinajstić information content (AvgIpc) is 2.51. The van der Waals surface area contributed by atoms with Crippen LogP contribution in [0.15, 0.2) is 34.8 Å². The van der Waals surface area contributed by atoms with Crippen LogP contribution in [0.3, 0.4) is 0 Å². The number of carbonyl (C=O) groups is 1. The zero-order valence-electron chi connectivity index (χ0n) is 13.7. The molecule has 0 atom stereocenters. The zero-order chi connectivity index (χ0) is 17.0. The van der Waals surface area contributed by atoms with Crippen molar-refractivity contribution in [2.75, 3.05) is 19.5 Å². The van der Waals surface area contributed by atoms with Crippen LogP contribution in [-0.4, -0.2) is 20.1 Å². The third kappa shape index (κ3) is 4.26. The predicted molar refractivity (Wildman–Crippen MR) is 95.5 cm³/mol. The molecule has 0 unspecified atom stereocenters. The van der Waals surface area contributed by atoms with E-state index in [4.69, 9.17) is 9.47 Å². The minimum absolute atomic E-state index is 0.0641. The molecule has 122 valence electrons. The molecular formula is C18H20BrNO3. The molecule has 0 radical (unpaired) electrons. The lowest BCUT2D eigenvalue weighted by molar-refractivity contribution is -0.115. The molecule has 0 aliphatic heterocycles. The summed E-state index contributed by atoms with van der Waals surface area (Å²) in [5.74, 6) is 1.23. The van der Waals surface area contributed by atoms with Crippen molar-refractivity contribution in [3.8, 4) is 11.5 Å². The van der Waals surface area contributed by atoms with E-state index in [0.29, 0.717) is 11.5 Å². The second-order valence-corrected chi connectivity index (χ2v) is 6.23. The molecule has 0 aromatic heterocycles.